The van der Waals surface area contributed by atoms with E-state index in [1.54, 1.807) is 12.1 Å². The van der Waals surface area contributed by atoms with E-state index < -0.39 is 0 Å². The summed E-state index contributed by atoms with van der Waals surface area (Å²) in [5, 5.41) is 9.59. The molecule has 0 amide bonds. The Balaban J connectivity index is 2.93. The highest BCUT2D eigenvalue weighted by Gasteiger charge is 2.19. The van der Waals surface area contributed by atoms with Gasteiger partial charge in [-0.25, -0.2) is 0 Å². The predicted octanol–water partition coefficient (Wildman–Crippen LogP) is 1.59. The Morgan fingerprint density at radius 3 is 2.50 bits per heavy atom. The Morgan fingerprint density at radius 2 is 2.06 bits per heavy atom. The molecule has 0 aromatic heterocycles. The second-order valence-electron chi connectivity index (χ2n) is 3.56. The number of aliphatic hydroxyl groups excluding tert-OH is 1. The molecule has 0 bridgehead atoms. The number of aliphatic hydroxyl groups is 1. The van der Waals surface area contributed by atoms with Gasteiger partial charge in [0.2, 0.25) is 0 Å². The first-order valence-electron chi connectivity index (χ1n) is 4.92. The van der Waals surface area contributed by atoms with Crippen LogP contribution in [0.15, 0.2) is 24.3 Å². The topological polar surface area (TPSA) is 49.5 Å². The predicted molar refractivity (Wildman–Crippen MR) is 70.7 cm³/mol. The van der Waals surface area contributed by atoms with Gasteiger partial charge in [-0.1, -0.05) is 36.0 Å². The first-order valence-corrected chi connectivity index (χ1v) is 5.70. The maximum absolute atomic E-state index is 8.91. The van der Waals surface area contributed by atoms with Crippen molar-refractivity contribution in [2.24, 2.45) is 5.73 Å². The van der Waals surface area contributed by atoms with Crippen molar-refractivity contribution >= 4 is 28.8 Å². The summed E-state index contributed by atoms with van der Waals surface area (Å²) in [6.07, 6.45) is 0. The van der Waals surface area contributed by atoms with Gasteiger partial charge >= 0.3 is 0 Å². The summed E-state index contributed by atoms with van der Waals surface area (Å²) in [5.74, 6) is 0. The van der Waals surface area contributed by atoms with Crippen molar-refractivity contribution < 1.29 is 5.11 Å². The zero-order valence-corrected chi connectivity index (χ0v) is 10.6. The Hall–Kier alpha value is -0.680. The molecule has 0 aliphatic rings. The highest BCUT2D eigenvalue weighted by atomic mass is 35.5. The number of hydrogen-bond donors (Lipinski definition) is 2. The maximum atomic E-state index is 8.91. The van der Waals surface area contributed by atoms with E-state index >= 15 is 0 Å². The van der Waals surface area contributed by atoms with Gasteiger partial charge in [-0.15, -0.1) is 0 Å². The number of likely N-dealkylation sites (N-methyl/N-ethyl adjacent to an activating group) is 1. The molecular formula is C11H15ClN2OS. The third-order valence-electron chi connectivity index (χ3n) is 2.35. The molecule has 0 radical (unpaired) electrons. The molecule has 0 aliphatic heterocycles. The number of nitrogens with two attached hydrogens (primary N) is 1. The zero-order valence-electron chi connectivity index (χ0n) is 9.06. The van der Waals surface area contributed by atoms with Gasteiger partial charge in [0.1, 0.15) is 0 Å². The SMILES string of the molecule is CN(CCO)C(C(N)=S)c1ccc(Cl)cc1. The molecular weight excluding hydrogens is 244 g/mol. The van der Waals surface area contributed by atoms with Crippen molar-refractivity contribution in [2.45, 2.75) is 6.04 Å². The van der Waals surface area contributed by atoms with E-state index in [9.17, 15) is 0 Å². The third-order valence-corrected chi connectivity index (χ3v) is 2.82. The summed E-state index contributed by atoms with van der Waals surface area (Å²) in [6, 6.07) is 7.21. The summed E-state index contributed by atoms with van der Waals surface area (Å²) in [5.41, 5.74) is 6.69. The molecule has 16 heavy (non-hydrogen) atoms. The summed E-state index contributed by atoms with van der Waals surface area (Å²) < 4.78 is 0. The van der Waals surface area contributed by atoms with Gasteiger partial charge in [-0.3, -0.25) is 4.90 Å². The molecule has 0 heterocycles. The van der Waals surface area contributed by atoms with Gasteiger partial charge in [-0.2, -0.15) is 0 Å². The van der Waals surface area contributed by atoms with Crippen LogP contribution in [0.1, 0.15) is 11.6 Å². The Kier molecular flexibility index (Phi) is 5.15. The summed E-state index contributed by atoms with van der Waals surface area (Å²) >= 11 is 10.9. The molecule has 0 saturated heterocycles. The minimum Gasteiger partial charge on any atom is -0.395 e. The van der Waals surface area contributed by atoms with Crippen LogP contribution in [-0.4, -0.2) is 35.2 Å². The molecule has 1 aromatic carbocycles. The van der Waals surface area contributed by atoms with Crippen LogP contribution in [0.2, 0.25) is 5.02 Å². The molecule has 3 nitrogen and oxygen atoms in total. The summed E-state index contributed by atoms with van der Waals surface area (Å²) in [6.45, 7) is 0.591. The Bertz CT molecular complexity index is 356. The lowest BCUT2D eigenvalue weighted by Gasteiger charge is -2.26. The van der Waals surface area contributed by atoms with Crippen molar-refractivity contribution in [1.29, 1.82) is 0 Å². The van der Waals surface area contributed by atoms with Crippen molar-refractivity contribution in [1.82, 2.24) is 4.90 Å². The Morgan fingerprint density at radius 1 is 1.50 bits per heavy atom. The van der Waals surface area contributed by atoms with Gasteiger partial charge in [0, 0.05) is 11.6 Å². The number of hydrogen-bond acceptors (Lipinski definition) is 3. The molecule has 1 aromatic rings. The van der Waals surface area contributed by atoms with Crippen LogP contribution >= 0.6 is 23.8 Å². The van der Waals surface area contributed by atoms with Gasteiger partial charge in [0.15, 0.2) is 0 Å². The van der Waals surface area contributed by atoms with E-state index in [1.807, 2.05) is 24.1 Å². The van der Waals surface area contributed by atoms with E-state index in [-0.39, 0.29) is 12.6 Å². The maximum Gasteiger partial charge on any atom is 0.0948 e. The third kappa shape index (κ3) is 3.42. The van der Waals surface area contributed by atoms with Crippen molar-refractivity contribution in [3.05, 3.63) is 34.9 Å². The molecule has 1 unspecified atom stereocenters. The normalized spacial score (nSPS) is 12.8. The number of halogens is 1. The first kappa shape index (κ1) is 13.4. The van der Waals surface area contributed by atoms with Gasteiger partial charge in [0.05, 0.1) is 17.6 Å². The van der Waals surface area contributed by atoms with Crippen LogP contribution in [-0.2, 0) is 0 Å². The monoisotopic (exact) mass is 258 g/mol. The minimum absolute atomic E-state index is 0.0726. The Labute approximate surface area is 106 Å². The number of rotatable bonds is 5. The molecule has 5 heteroatoms. The number of nitrogens with zero attached hydrogens (tertiary/aromatic N) is 1. The molecule has 0 spiro atoms. The van der Waals surface area contributed by atoms with Crippen LogP contribution in [0, 0.1) is 0 Å². The van der Waals surface area contributed by atoms with Crippen molar-refractivity contribution in [3.63, 3.8) is 0 Å². The molecule has 88 valence electrons. The second kappa shape index (κ2) is 6.15. The minimum atomic E-state index is -0.167. The van der Waals surface area contributed by atoms with Gasteiger partial charge in [0.25, 0.3) is 0 Å². The van der Waals surface area contributed by atoms with Crippen LogP contribution in [0.3, 0.4) is 0 Å². The number of thiocarbonyl (C=S) groups is 1. The van der Waals surface area contributed by atoms with Gasteiger partial charge in [-0.05, 0) is 24.7 Å². The van der Waals surface area contributed by atoms with Crippen LogP contribution in [0.4, 0.5) is 0 Å². The lowest BCUT2D eigenvalue weighted by Crippen LogP contribution is -2.35. The number of benzene rings is 1. The van der Waals surface area contributed by atoms with E-state index in [4.69, 9.17) is 34.7 Å². The first-order chi connectivity index (χ1) is 7.56. The van der Waals surface area contributed by atoms with Crippen molar-refractivity contribution in [3.8, 4) is 0 Å². The fourth-order valence-corrected chi connectivity index (χ4v) is 2.01. The fourth-order valence-electron chi connectivity index (χ4n) is 1.57. The fraction of sp³-hybridized carbons (Fsp3) is 0.364. The molecule has 1 atom stereocenters. The van der Waals surface area contributed by atoms with E-state index in [0.717, 1.165) is 5.56 Å². The average molecular weight is 259 g/mol. The van der Waals surface area contributed by atoms with Gasteiger partial charge < -0.3 is 10.8 Å². The van der Waals surface area contributed by atoms with E-state index in [0.29, 0.717) is 16.6 Å². The highest BCUT2D eigenvalue weighted by molar-refractivity contribution is 7.80. The largest absolute Gasteiger partial charge is 0.395 e. The zero-order chi connectivity index (χ0) is 12.1. The van der Waals surface area contributed by atoms with Crippen LogP contribution in [0.5, 0.6) is 0 Å². The smallest absolute Gasteiger partial charge is 0.0948 e. The highest BCUT2D eigenvalue weighted by Crippen LogP contribution is 2.21. The summed E-state index contributed by atoms with van der Waals surface area (Å²) in [7, 11) is 1.87. The molecule has 3 N–H and O–H groups in total. The van der Waals surface area contributed by atoms with E-state index in [1.165, 1.54) is 0 Å². The second-order valence-corrected chi connectivity index (χ2v) is 4.47. The van der Waals surface area contributed by atoms with Crippen molar-refractivity contribution in [2.75, 3.05) is 20.2 Å². The lowest BCUT2D eigenvalue weighted by molar-refractivity contribution is 0.207. The molecule has 0 fully saturated rings. The van der Waals surface area contributed by atoms with Crippen LogP contribution < -0.4 is 5.73 Å². The van der Waals surface area contributed by atoms with E-state index in [2.05, 4.69) is 0 Å². The lowest BCUT2D eigenvalue weighted by atomic mass is 10.1. The van der Waals surface area contributed by atoms with Crippen LogP contribution in [0.25, 0.3) is 0 Å². The quantitative estimate of drug-likeness (QED) is 0.788. The molecule has 0 saturated carbocycles. The molecule has 1 rings (SSSR count). The standard InChI is InChI=1S/C11H15ClN2OS/c1-14(6-7-15)10(11(13)16)8-2-4-9(12)5-3-8/h2-5,10,15H,6-7H2,1H3,(H2,13,16). The summed E-state index contributed by atoms with van der Waals surface area (Å²) in [4.78, 5) is 2.30. The molecule has 0 aliphatic carbocycles. The average Bonchev–Trinajstić information content (AvgIpc) is 2.21.